The molecule has 0 bridgehead atoms. The highest BCUT2D eigenvalue weighted by atomic mass is 16.6. The molecule has 0 saturated heterocycles. The van der Waals surface area contributed by atoms with Gasteiger partial charge in [-0.3, -0.25) is 9.98 Å². The van der Waals surface area contributed by atoms with E-state index in [9.17, 15) is 4.79 Å². The van der Waals surface area contributed by atoms with Gasteiger partial charge in [0.15, 0.2) is 0 Å². The minimum atomic E-state index is -0.497. The summed E-state index contributed by atoms with van der Waals surface area (Å²) in [5.41, 5.74) is 22.4. The molecule has 1 amide bonds. The second kappa shape index (κ2) is 29.0. The number of hydrazone groups is 2. The second-order valence-electron chi connectivity index (χ2n) is 9.21. The maximum atomic E-state index is 11.4. The van der Waals surface area contributed by atoms with E-state index in [1.165, 1.54) is 0 Å². The molecular weight excluding hydrogens is 532 g/mol. The average molecular weight is 581 g/mol. The minimum Gasteiger partial charge on any atom is -0.444 e. The first-order chi connectivity index (χ1) is 19.7. The van der Waals surface area contributed by atoms with E-state index in [0.717, 1.165) is 25.8 Å². The predicted molar refractivity (Wildman–Crippen MR) is 165 cm³/mol. The number of nitrogens with zero attached hydrogens (tertiary/aromatic N) is 10. The van der Waals surface area contributed by atoms with Crippen LogP contribution >= 0.6 is 0 Å². The third-order valence-corrected chi connectivity index (χ3v) is 4.40. The Bertz CT molecular complexity index is 885. The van der Waals surface area contributed by atoms with Gasteiger partial charge in [0, 0.05) is 68.1 Å². The Morgan fingerprint density at radius 3 is 1.68 bits per heavy atom. The molecule has 18 heteroatoms. The third kappa shape index (κ3) is 32.2. The zero-order chi connectivity index (χ0) is 31.0. The number of hydrogen-bond acceptors (Lipinski definition) is 13. The highest BCUT2D eigenvalue weighted by Crippen LogP contribution is 2.06. The van der Waals surface area contributed by atoms with Gasteiger partial charge in [-0.1, -0.05) is 10.2 Å². The van der Waals surface area contributed by atoms with Crippen LogP contribution in [-0.2, 0) is 4.74 Å². The topological polar surface area (TPSA) is 287 Å². The summed E-state index contributed by atoms with van der Waals surface area (Å²) < 4.78 is 5.12. The number of nitrogens with two attached hydrogens (primary N) is 3. The molecule has 0 atom stereocenters. The maximum Gasteiger partial charge on any atom is 0.407 e. The van der Waals surface area contributed by atoms with Crippen molar-refractivity contribution in [2.24, 2.45) is 47.8 Å². The standard InChI is InChI=1S/C14H28N8O2.C9H20N8/c1-14(2,3)24-13(23)19-8-4-6-17-10-12(21-15)11-18-7-5-9-20-22-16;10-3-1-4-13-7-9(16-11)8-14-5-2-6-15-17-12/h10,18H,4-9,11,15H2,1-3H3,(H,19,23);7,14H,1-6,8,10-11H2. The van der Waals surface area contributed by atoms with Crippen LogP contribution in [0.2, 0.25) is 0 Å². The zero-order valence-corrected chi connectivity index (χ0v) is 24.6. The number of ether oxygens (including phenoxy) is 1. The summed E-state index contributed by atoms with van der Waals surface area (Å²) in [6, 6.07) is 0. The lowest BCUT2D eigenvalue weighted by Gasteiger charge is -2.19. The first-order valence-corrected chi connectivity index (χ1v) is 13.4. The molecule has 41 heavy (non-hydrogen) atoms. The van der Waals surface area contributed by atoms with E-state index < -0.39 is 11.7 Å². The number of azide groups is 2. The molecule has 232 valence electrons. The van der Waals surface area contributed by atoms with Gasteiger partial charge in [-0.15, -0.1) is 0 Å². The quantitative estimate of drug-likeness (QED) is 0.0221. The van der Waals surface area contributed by atoms with Crippen LogP contribution in [0.15, 0.2) is 30.4 Å². The van der Waals surface area contributed by atoms with Crippen LogP contribution in [0, 0.1) is 0 Å². The van der Waals surface area contributed by atoms with Crippen LogP contribution in [-0.4, -0.2) is 101 Å². The van der Waals surface area contributed by atoms with E-state index in [2.05, 4.69) is 56.2 Å². The molecule has 0 spiro atoms. The summed E-state index contributed by atoms with van der Waals surface area (Å²) in [6.45, 7) is 11.2. The first kappa shape index (κ1) is 39.2. The smallest absolute Gasteiger partial charge is 0.407 e. The van der Waals surface area contributed by atoms with E-state index in [0.29, 0.717) is 76.7 Å². The maximum absolute atomic E-state index is 11.4. The van der Waals surface area contributed by atoms with Gasteiger partial charge in [-0.25, -0.2) is 4.79 Å². The lowest BCUT2D eigenvalue weighted by atomic mass is 10.2. The lowest BCUT2D eigenvalue weighted by Crippen LogP contribution is -2.33. The fourth-order valence-corrected chi connectivity index (χ4v) is 2.52. The highest BCUT2D eigenvalue weighted by molar-refractivity contribution is 6.31. The molecular formula is C23H48N16O2. The van der Waals surface area contributed by atoms with Crippen molar-refractivity contribution in [2.75, 3.05) is 65.4 Å². The number of hydrogen-bond donors (Lipinski definition) is 6. The van der Waals surface area contributed by atoms with Gasteiger partial charge in [0.05, 0.1) is 11.4 Å². The van der Waals surface area contributed by atoms with Crippen LogP contribution in [0.25, 0.3) is 20.9 Å². The van der Waals surface area contributed by atoms with Crippen LogP contribution < -0.4 is 33.4 Å². The van der Waals surface area contributed by atoms with E-state index in [-0.39, 0.29) is 0 Å². The average Bonchev–Trinajstić information content (AvgIpc) is 2.93. The summed E-state index contributed by atoms with van der Waals surface area (Å²) in [7, 11) is 0. The molecule has 0 aromatic rings. The molecule has 0 fully saturated rings. The van der Waals surface area contributed by atoms with Crippen molar-refractivity contribution in [1.82, 2.24) is 16.0 Å². The zero-order valence-electron chi connectivity index (χ0n) is 24.6. The molecule has 0 aliphatic carbocycles. The van der Waals surface area contributed by atoms with Gasteiger partial charge < -0.3 is 38.1 Å². The fourth-order valence-electron chi connectivity index (χ4n) is 2.52. The Morgan fingerprint density at radius 1 is 0.805 bits per heavy atom. The summed E-state index contributed by atoms with van der Waals surface area (Å²) in [5, 5.41) is 23.0. The van der Waals surface area contributed by atoms with Gasteiger partial charge in [-0.05, 0) is 77.2 Å². The number of carbonyl (C=O) groups excluding carboxylic acids is 1. The van der Waals surface area contributed by atoms with E-state index >= 15 is 0 Å². The molecule has 0 unspecified atom stereocenters. The van der Waals surface area contributed by atoms with Gasteiger partial charge >= 0.3 is 6.09 Å². The molecule has 0 saturated carbocycles. The van der Waals surface area contributed by atoms with Crippen molar-refractivity contribution in [3.63, 3.8) is 0 Å². The summed E-state index contributed by atoms with van der Waals surface area (Å²) >= 11 is 0. The number of amides is 1. The van der Waals surface area contributed by atoms with Crippen molar-refractivity contribution in [3.05, 3.63) is 20.9 Å². The number of alkyl carbamates (subject to hydrolysis) is 1. The minimum absolute atomic E-state index is 0.430. The molecule has 0 aliphatic heterocycles. The monoisotopic (exact) mass is 580 g/mol. The highest BCUT2D eigenvalue weighted by Gasteiger charge is 2.15. The number of carbonyl (C=O) groups is 1. The molecule has 0 aliphatic rings. The van der Waals surface area contributed by atoms with Crippen molar-refractivity contribution in [2.45, 2.75) is 52.1 Å². The van der Waals surface area contributed by atoms with E-state index in [1.54, 1.807) is 12.4 Å². The van der Waals surface area contributed by atoms with E-state index in [1.807, 2.05) is 20.8 Å². The Morgan fingerprint density at radius 2 is 1.27 bits per heavy atom. The Hall–Kier alpha value is -3.95. The fraction of sp³-hybridized carbons (Fsp3) is 0.783. The summed E-state index contributed by atoms with van der Waals surface area (Å²) in [6.07, 6.45) is 5.90. The largest absolute Gasteiger partial charge is 0.444 e. The molecule has 0 aromatic heterocycles. The number of nitrogens with one attached hydrogen (secondary N) is 3. The molecule has 9 N–H and O–H groups in total. The predicted octanol–water partition coefficient (Wildman–Crippen LogP) is 1.59. The molecule has 0 heterocycles. The second-order valence-corrected chi connectivity index (χ2v) is 9.21. The van der Waals surface area contributed by atoms with Gasteiger partial charge in [0.2, 0.25) is 0 Å². The molecule has 18 nitrogen and oxygen atoms in total. The first-order valence-electron chi connectivity index (χ1n) is 13.4. The SMILES string of the molecule is CC(C)(C)OC(=O)NCCCN=CC(CNCCCN=[N+]=[N-])=NN.[N-]=[N+]=NCCCNCC(C=NCCCN)=NN. The summed E-state index contributed by atoms with van der Waals surface area (Å²) in [4.78, 5) is 25.1. The molecule has 0 rings (SSSR count). The van der Waals surface area contributed by atoms with Gasteiger partial charge in [0.1, 0.15) is 5.60 Å². The van der Waals surface area contributed by atoms with Gasteiger partial charge in [0.25, 0.3) is 0 Å². The van der Waals surface area contributed by atoms with Crippen LogP contribution in [0.5, 0.6) is 0 Å². The van der Waals surface area contributed by atoms with Crippen molar-refractivity contribution < 1.29 is 9.53 Å². The number of aliphatic imine (C=N–C) groups is 2. The van der Waals surface area contributed by atoms with Crippen LogP contribution in [0.1, 0.15) is 46.5 Å². The Balaban J connectivity index is 0. The normalized spacial score (nSPS) is 11.9. The van der Waals surface area contributed by atoms with Gasteiger partial charge in [-0.2, -0.15) is 10.2 Å². The van der Waals surface area contributed by atoms with Crippen molar-refractivity contribution in [3.8, 4) is 0 Å². The van der Waals surface area contributed by atoms with E-state index in [4.69, 9.17) is 33.2 Å². The lowest BCUT2D eigenvalue weighted by molar-refractivity contribution is 0.0527. The van der Waals surface area contributed by atoms with Crippen molar-refractivity contribution >= 4 is 29.9 Å². The third-order valence-electron chi connectivity index (χ3n) is 4.40. The number of rotatable bonds is 21. The van der Waals surface area contributed by atoms with Crippen LogP contribution in [0.3, 0.4) is 0 Å². The molecule has 0 radical (unpaired) electrons. The van der Waals surface area contributed by atoms with Crippen molar-refractivity contribution in [1.29, 1.82) is 0 Å². The molecule has 0 aromatic carbocycles. The Labute approximate surface area is 242 Å². The van der Waals surface area contributed by atoms with Crippen LogP contribution in [0.4, 0.5) is 4.79 Å². The summed E-state index contributed by atoms with van der Waals surface area (Å²) in [5.74, 6) is 10.5. The Kier molecular flexibility index (Phi) is 27.8.